The molecule has 0 aromatic heterocycles. The van der Waals surface area contributed by atoms with E-state index in [2.05, 4.69) is 52.0 Å². The van der Waals surface area contributed by atoms with E-state index >= 15 is 0 Å². The first-order valence-electron chi connectivity index (χ1n) is 9.68. The van der Waals surface area contributed by atoms with Crippen molar-refractivity contribution >= 4 is 11.9 Å². The highest BCUT2D eigenvalue weighted by Crippen LogP contribution is 2.45. The van der Waals surface area contributed by atoms with Crippen LogP contribution in [0.25, 0.3) is 5.57 Å². The molecule has 3 rings (SSSR count). The summed E-state index contributed by atoms with van der Waals surface area (Å²) in [7, 11) is 0. The smallest absolute Gasteiger partial charge is 0.150 e. The van der Waals surface area contributed by atoms with Crippen molar-refractivity contribution < 1.29 is 4.79 Å². The van der Waals surface area contributed by atoms with E-state index in [-0.39, 0.29) is 10.8 Å². The Hall–Kier alpha value is -2.15. The van der Waals surface area contributed by atoms with Gasteiger partial charge in [-0.15, -0.1) is 0 Å². The maximum atomic E-state index is 11.4. The topological polar surface area (TPSA) is 17.1 Å². The lowest BCUT2D eigenvalue weighted by molar-refractivity contribution is -0.103. The number of fused-ring (bicyclic) bond motifs is 1. The van der Waals surface area contributed by atoms with Crippen LogP contribution < -0.4 is 0 Å². The normalized spacial score (nSPS) is 18.2. The van der Waals surface area contributed by atoms with Crippen molar-refractivity contribution in [3.63, 3.8) is 0 Å². The molecule has 2 aromatic carbocycles. The minimum Gasteiger partial charge on any atom is -0.298 e. The lowest BCUT2D eigenvalue weighted by Gasteiger charge is -2.42. The predicted octanol–water partition coefficient (Wildman–Crippen LogP) is 6.25. The van der Waals surface area contributed by atoms with E-state index in [0.717, 1.165) is 30.3 Å². The summed E-state index contributed by atoms with van der Waals surface area (Å²) in [6.07, 6.45) is 7.36. The van der Waals surface area contributed by atoms with Gasteiger partial charge in [0.1, 0.15) is 6.29 Å². The van der Waals surface area contributed by atoms with Crippen molar-refractivity contribution in [1.82, 2.24) is 0 Å². The Morgan fingerprint density at radius 2 is 1.58 bits per heavy atom. The number of benzene rings is 2. The number of hydrogen-bond donors (Lipinski definition) is 0. The first-order valence-corrected chi connectivity index (χ1v) is 9.68. The summed E-state index contributed by atoms with van der Waals surface area (Å²) in [5.74, 6) is 0. The highest BCUT2D eigenvalue weighted by molar-refractivity contribution is 6.06. The average Bonchev–Trinajstić information content (AvgIpc) is 2.63. The number of carbonyl (C=O) groups excluding carboxylic acids is 1. The molecule has 1 aliphatic rings. The van der Waals surface area contributed by atoms with Crippen LogP contribution in [0.2, 0.25) is 0 Å². The molecule has 0 spiro atoms. The van der Waals surface area contributed by atoms with Gasteiger partial charge in [-0.25, -0.2) is 0 Å². The van der Waals surface area contributed by atoms with Gasteiger partial charge in [0.25, 0.3) is 0 Å². The fourth-order valence-electron chi connectivity index (χ4n) is 4.05. The molecule has 0 radical (unpaired) electrons. The largest absolute Gasteiger partial charge is 0.298 e. The minimum absolute atomic E-state index is 0.245. The molecule has 0 bridgehead atoms. The Labute approximate surface area is 158 Å². The SMILES string of the molecule is CC1(C)CCC(C)(C)c2cc(CCC=C(C=O)c3ccccc3)ccc21. The molecule has 136 valence electrons. The maximum absolute atomic E-state index is 11.4. The second kappa shape index (κ2) is 7.23. The van der Waals surface area contributed by atoms with Crippen molar-refractivity contribution in [1.29, 1.82) is 0 Å². The summed E-state index contributed by atoms with van der Waals surface area (Å²) in [6, 6.07) is 16.9. The van der Waals surface area contributed by atoms with E-state index in [1.165, 1.54) is 29.5 Å². The molecule has 0 amide bonds. The van der Waals surface area contributed by atoms with E-state index in [4.69, 9.17) is 0 Å². The van der Waals surface area contributed by atoms with Gasteiger partial charge < -0.3 is 0 Å². The second-order valence-corrected chi connectivity index (χ2v) is 8.83. The fourth-order valence-corrected chi connectivity index (χ4v) is 4.05. The highest BCUT2D eigenvalue weighted by atomic mass is 16.1. The second-order valence-electron chi connectivity index (χ2n) is 8.83. The molecule has 0 aliphatic heterocycles. The summed E-state index contributed by atoms with van der Waals surface area (Å²) in [5, 5.41) is 0. The Bertz CT molecular complexity index is 809. The van der Waals surface area contributed by atoms with Crippen molar-refractivity contribution in [2.45, 2.75) is 64.2 Å². The van der Waals surface area contributed by atoms with Gasteiger partial charge >= 0.3 is 0 Å². The number of carbonyl (C=O) groups is 1. The van der Waals surface area contributed by atoms with Crippen LogP contribution in [0.5, 0.6) is 0 Å². The average molecular weight is 347 g/mol. The molecule has 0 N–H and O–H groups in total. The minimum atomic E-state index is 0.245. The van der Waals surface area contributed by atoms with Crippen LogP contribution >= 0.6 is 0 Å². The van der Waals surface area contributed by atoms with Crippen molar-refractivity contribution in [3.05, 3.63) is 76.9 Å². The Kier molecular flexibility index (Phi) is 5.18. The molecule has 0 saturated heterocycles. The molecule has 0 saturated carbocycles. The first kappa shape index (κ1) is 18.6. The third-order valence-electron chi connectivity index (χ3n) is 5.95. The van der Waals surface area contributed by atoms with Crippen molar-refractivity contribution in [2.75, 3.05) is 0 Å². The van der Waals surface area contributed by atoms with Crippen LogP contribution in [0.3, 0.4) is 0 Å². The number of hydrogen-bond acceptors (Lipinski definition) is 1. The predicted molar refractivity (Wildman–Crippen MR) is 111 cm³/mol. The lowest BCUT2D eigenvalue weighted by atomic mass is 9.63. The van der Waals surface area contributed by atoms with E-state index in [1.54, 1.807) is 0 Å². The highest BCUT2D eigenvalue weighted by Gasteiger charge is 2.36. The van der Waals surface area contributed by atoms with E-state index < -0.39 is 0 Å². The number of rotatable bonds is 5. The number of aryl methyl sites for hydroxylation is 1. The fraction of sp³-hybridized carbons (Fsp3) is 0.400. The van der Waals surface area contributed by atoms with Crippen LogP contribution in [0.4, 0.5) is 0 Å². The van der Waals surface area contributed by atoms with E-state index in [0.29, 0.717) is 0 Å². The molecule has 1 heteroatoms. The van der Waals surface area contributed by atoms with Crippen LogP contribution in [0.15, 0.2) is 54.6 Å². The van der Waals surface area contributed by atoms with Crippen molar-refractivity contribution in [3.8, 4) is 0 Å². The maximum Gasteiger partial charge on any atom is 0.150 e. The molecule has 0 fully saturated rings. The zero-order valence-corrected chi connectivity index (χ0v) is 16.5. The molecule has 0 atom stereocenters. The first-order chi connectivity index (χ1) is 12.3. The molecule has 0 unspecified atom stereocenters. The summed E-state index contributed by atoms with van der Waals surface area (Å²) >= 11 is 0. The van der Waals surface area contributed by atoms with Crippen LogP contribution in [-0.4, -0.2) is 6.29 Å². The Balaban J connectivity index is 1.79. The van der Waals surface area contributed by atoms with Gasteiger partial charge in [0.2, 0.25) is 0 Å². The summed E-state index contributed by atoms with van der Waals surface area (Å²) < 4.78 is 0. The van der Waals surface area contributed by atoms with Gasteiger partial charge in [-0.3, -0.25) is 4.79 Å². The quantitative estimate of drug-likeness (QED) is 0.462. The van der Waals surface area contributed by atoms with Gasteiger partial charge in [-0.1, -0.05) is 82.3 Å². The lowest BCUT2D eigenvalue weighted by Crippen LogP contribution is -2.33. The molecule has 2 aromatic rings. The van der Waals surface area contributed by atoms with Gasteiger partial charge in [-0.05, 0) is 58.8 Å². The Morgan fingerprint density at radius 3 is 2.23 bits per heavy atom. The third-order valence-corrected chi connectivity index (χ3v) is 5.95. The monoisotopic (exact) mass is 346 g/mol. The summed E-state index contributed by atoms with van der Waals surface area (Å²) in [6.45, 7) is 9.45. The molecule has 1 nitrogen and oxygen atoms in total. The number of allylic oxidation sites excluding steroid dienone is 2. The van der Waals surface area contributed by atoms with Crippen LogP contribution in [0.1, 0.15) is 69.2 Å². The van der Waals surface area contributed by atoms with Gasteiger partial charge in [-0.2, -0.15) is 0 Å². The summed E-state index contributed by atoms with van der Waals surface area (Å²) in [5.41, 5.74) is 6.67. The molecule has 0 heterocycles. The van der Waals surface area contributed by atoms with E-state index in [1.807, 2.05) is 30.3 Å². The van der Waals surface area contributed by atoms with Crippen LogP contribution in [-0.2, 0) is 22.0 Å². The zero-order chi connectivity index (χ0) is 18.8. The zero-order valence-electron chi connectivity index (χ0n) is 16.5. The molecule has 26 heavy (non-hydrogen) atoms. The van der Waals surface area contributed by atoms with Crippen molar-refractivity contribution in [2.24, 2.45) is 0 Å². The standard InChI is InChI=1S/C25H30O/c1-24(2)15-16-25(3,4)23-17-19(13-14-22(23)24)9-8-12-21(18-26)20-10-6-5-7-11-20/h5-7,10-14,17-18H,8-9,15-16H2,1-4H3. The van der Waals surface area contributed by atoms with E-state index in [9.17, 15) is 4.79 Å². The van der Waals surface area contributed by atoms with Gasteiger partial charge in [0, 0.05) is 5.57 Å². The Morgan fingerprint density at radius 1 is 0.923 bits per heavy atom. The molecular weight excluding hydrogens is 316 g/mol. The third kappa shape index (κ3) is 3.82. The summed E-state index contributed by atoms with van der Waals surface area (Å²) in [4.78, 5) is 11.4. The van der Waals surface area contributed by atoms with Gasteiger partial charge in [0.15, 0.2) is 0 Å². The number of aldehydes is 1. The van der Waals surface area contributed by atoms with Gasteiger partial charge in [0.05, 0.1) is 0 Å². The molecular formula is C25H30O. The van der Waals surface area contributed by atoms with Crippen LogP contribution in [0, 0.1) is 0 Å². The molecule has 1 aliphatic carbocycles.